The number of likely N-dealkylation sites (N-methyl/N-ethyl adjacent to an activating group) is 1. The lowest BCUT2D eigenvalue weighted by Gasteiger charge is -2.25. The standard InChI is InChI=1S/C19H25N3O.2ClH/c1-3-22(17-12-8-7-9-15(17)2)14-13-21-19(23)18(20)16-10-5-4-6-11-16;;/h4-12,18H,3,13-14,20H2,1-2H3,(H,21,23);2*1H. The Bertz CT molecular complexity index is 638. The Morgan fingerprint density at radius 2 is 1.68 bits per heavy atom. The molecule has 25 heavy (non-hydrogen) atoms. The van der Waals surface area contributed by atoms with Gasteiger partial charge in [-0.05, 0) is 31.0 Å². The summed E-state index contributed by atoms with van der Waals surface area (Å²) in [5.41, 5.74) is 9.27. The van der Waals surface area contributed by atoms with Crippen molar-refractivity contribution < 1.29 is 4.79 Å². The number of benzene rings is 2. The van der Waals surface area contributed by atoms with E-state index in [4.69, 9.17) is 5.73 Å². The van der Waals surface area contributed by atoms with E-state index in [1.54, 1.807) is 0 Å². The number of amides is 1. The van der Waals surface area contributed by atoms with E-state index in [2.05, 4.69) is 36.2 Å². The zero-order valence-electron chi connectivity index (χ0n) is 14.6. The topological polar surface area (TPSA) is 58.4 Å². The first-order valence-corrected chi connectivity index (χ1v) is 8.02. The van der Waals surface area contributed by atoms with Crippen molar-refractivity contribution >= 4 is 36.4 Å². The number of hydrogen-bond donors (Lipinski definition) is 2. The maximum atomic E-state index is 12.2. The van der Waals surface area contributed by atoms with Gasteiger partial charge in [-0.3, -0.25) is 4.79 Å². The third-order valence-electron chi connectivity index (χ3n) is 3.96. The molecule has 1 unspecified atom stereocenters. The summed E-state index contributed by atoms with van der Waals surface area (Å²) in [5.74, 6) is -0.142. The second kappa shape index (κ2) is 11.7. The maximum Gasteiger partial charge on any atom is 0.241 e. The Hall–Kier alpha value is -1.75. The summed E-state index contributed by atoms with van der Waals surface area (Å²) in [7, 11) is 0. The second-order valence-electron chi connectivity index (χ2n) is 5.55. The Morgan fingerprint density at radius 3 is 2.28 bits per heavy atom. The van der Waals surface area contributed by atoms with Crippen molar-refractivity contribution in [2.45, 2.75) is 19.9 Å². The molecule has 0 heterocycles. The number of hydrogen-bond acceptors (Lipinski definition) is 3. The van der Waals surface area contributed by atoms with Gasteiger partial charge >= 0.3 is 0 Å². The Labute approximate surface area is 162 Å². The fourth-order valence-corrected chi connectivity index (χ4v) is 2.60. The monoisotopic (exact) mass is 383 g/mol. The largest absolute Gasteiger partial charge is 0.370 e. The van der Waals surface area contributed by atoms with Crippen LogP contribution in [0.2, 0.25) is 0 Å². The van der Waals surface area contributed by atoms with E-state index in [-0.39, 0.29) is 30.7 Å². The zero-order chi connectivity index (χ0) is 16.7. The minimum atomic E-state index is -0.621. The summed E-state index contributed by atoms with van der Waals surface area (Å²) in [6.45, 7) is 6.44. The van der Waals surface area contributed by atoms with Gasteiger partial charge in [-0.2, -0.15) is 0 Å². The molecular formula is C19H27Cl2N3O. The molecule has 0 saturated heterocycles. The van der Waals surface area contributed by atoms with Gasteiger partial charge in [0.25, 0.3) is 0 Å². The smallest absolute Gasteiger partial charge is 0.241 e. The second-order valence-corrected chi connectivity index (χ2v) is 5.55. The first-order valence-electron chi connectivity index (χ1n) is 8.02. The van der Waals surface area contributed by atoms with Crippen LogP contribution in [0.3, 0.4) is 0 Å². The van der Waals surface area contributed by atoms with E-state index in [1.807, 2.05) is 42.5 Å². The lowest BCUT2D eigenvalue weighted by Crippen LogP contribution is -2.39. The summed E-state index contributed by atoms with van der Waals surface area (Å²) in [6.07, 6.45) is 0. The molecule has 2 aromatic carbocycles. The van der Waals surface area contributed by atoms with Gasteiger partial charge in [0.05, 0.1) is 0 Å². The third-order valence-corrected chi connectivity index (χ3v) is 3.96. The molecule has 0 radical (unpaired) electrons. The highest BCUT2D eigenvalue weighted by Crippen LogP contribution is 2.18. The fraction of sp³-hybridized carbons (Fsp3) is 0.316. The minimum absolute atomic E-state index is 0. The first-order chi connectivity index (χ1) is 11.1. The highest BCUT2D eigenvalue weighted by Gasteiger charge is 2.15. The molecule has 0 saturated carbocycles. The molecule has 0 spiro atoms. The van der Waals surface area contributed by atoms with Crippen molar-refractivity contribution in [1.29, 1.82) is 0 Å². The van der Waals surface area contributed by atoms with Gasteiger partial charge in [-0.15, -0.1) is 24.8 Å². The number of para-hydroxylation sites is 1. The SMILES string of the molecule is CCN(CCNC(=O)C(N)c1ccccc1)c1ccccc1C.Cl.Cl. The van der Waals surface area contributed by atoms with Crippen LogP contribution in [-0.4, -0.2) is 25.5 Å². The number of nitrogens with two attached hydrogens (primary N) is 1. The van der Waals surface area contributed by atoms with Crippen molar-refractivity contribution in [3.8, 4) is 0 Å². The molecular weight excluding hydrogens is 357 g/mol. The van der Waals surface area contributed by atoms with Crippen LogP contribution >= 0.6 is 24.8 Å². The Morgan fingerprint density at radius 1 is 1.08 bits per heavy atom. The molecule has 2 rings (SSSR count). The molecule has 2 aromatic rings. The summed E-state index contributed by atoms with van der Waals surface area (Å²) in [4.78, 5) is 14.4. The lowest BCUT2D eigenvalue weighted by molar-refractivity contribution is -0.122. The molecule has 0 aliphatic rings. The zero-order valence-corrected chi connectivity index (χ0v) is 16.3. The molecule has 4 nitrogen and oxygen atoms in total. The van der Waals surface area contributed by atoms with Gasteiger partial charge in [0.2, 0.25) is 5.91 Å². The molecule has 6 heteroatoms. The number of carbonyl (C=O) groups is 1. The van der Waals surface area contributed by atoms with E-state index < -0.39 is 6.04 Å². The van der Waals surface area contributed by atoms with Crippen LogP contribution in [0.5, 0.6) is 0 Å². The van der Waals surface area contributed by atoms with E-state index >= 15 is 0 Å². The number of anilines is 1. The van der Waals surface area contributed by atoms with Gasteiger partial charge in [0.15, 0.2) is 0 Å². The number of carbonyl (C=O) groups excluding carboxylic acids is 1. The number of nitrogens with zero attached hydrogens (tertiary/aromatic N) is 1. The number of rotatable bonds is 7. The van der Waals surface area contributed by atoms with E-state index in [9.17, 15) is 4.79 Å². The molecule has 1 atom stereocenters. The van der Waals surface area contributed by atoms with E-state index in [0.717, 1.165) is 18.7 Å². The van der Waals surface area contributed by atoms with Crippen molar-refractivity contribution in [3.05, 3.63) is 65.7 Å². The molecule has 1 amide bonds. The summed E-state index contributed by atoms with van der Waals surface area (Å²) in [6, 6.07) is 17.1. The van der Waals surface area contributed by atoms with Crippen LogP contribution in [0.1, 0.15) is 24.1 Å². The van der Waals surface area contributed by atoms with Gasteiger partial charge in [-0.1, -0.05) is 48.5 Å². The normalized spacial score (nSPS) is 10.8. The Balaban J connectivity index is 0.00000288. The van der Waals surface area contributed by atoms with Crippen molar-refractivity contribution in [2.75, 3.05) is 24.5 Å². The minimum Gasteiger partial charge on any atom is -0.370 e. The van der Waals surface area contributed by atoms with Crippen LogP contribution in [0.15, 0.2) is 54.6 Å². The maximum absolute atomic E-state index is 12.2. The van der Waals surface area contributed by atoms with Gasteiger partial charge in [0, 0.05) is 25.3 Å². The van der Waals surface area contributed by atoms with E-state index in [1.165, 1.54) is 11.3 Å². The number of aryl methyl sites for hydroxylation is 1. The summed E-state index contributed by atoms with van der Waals surface area (Å²) >= 11 is 0. The lowest BCUT2D eigenvalue weighted by atomic mass is 10.1. The van der Waals surface area contributed by atoms with Crippen molar-refractivity contribution in [3.63, 3.8) is 0 Å². The number of nitrogens with one attached hydrogen (secondary N) is 1. The number of halogens is 2. The highest BCUT2D eigenvalue weighted by atomic mass is 35.5. The summed E-state index contributed by atoms with van der Waals surface area (Å²) in [5, 5.41) is 2.93. The van der Waals surface area contributed by atoms with Crippen LogP contribution in [0, 0.1) is 6.92 Å². The van der Waals surface area contributed by atoms with Crippen LogP contribution in [0.25, 0.3) is 0 Å². The molecule has 0 aliphatic heterocycles. The third kappa shape index (κ3) is 6.58. The van der Waals surface area contributed by atoms with E-state index in [0.29, 0.717) is 6.54 Å². The predicted octanol–water partition coefficient (Wildman–Crippen LogP) is 3.48. The average Bonchev–Trinajstić information content (AvgIpc) is 2.59. The van der Waals surface area contributed by atoms with Gasteiger partial charge in [-0.25, -0.2) is 0 Å². The fourth-order valence-electron chi connectivity index (χ4n) is 2.60. The average molecular weight is 384 g/mol. The van der Waals surface area contributed by atoms with Crippen LogP contribution in [-0.2, 0) is 4.79 Å². The molecule has 3 N–H and O–H groups in total. The predicted molar refractivity (Wildman–Crippen MR) is 110 cm³/mol. The van der Waals surface area contributed by atoms with Crippen LogP contribution < -0.4 is 16.0 Å². The molecule has 0 bridgehead atoms. The Kier molecular flexibility index (Phi) is 10.9. The molecule has 138 valence electrons. The molecule has 0 aromatic heterocycles. The molecule has 0 fully saturated rings. The summed E-state index contributed by atoms with van der Waals surface area (Å²) < 4.78 is 0. The van der Waals surface area contributed by atoms with Gasteiger partial charge in [0.1, 0.15) is 6.04 Å². The van der Waals surface area contributed by atoms with Crippen molar-refractivity contribution in [1.82, 2.24) is 5.32 Å². The highest BCUT2D eigenvalue weighted by molar-refractivity contribution is 5.85. The molecule has 0 aliphatic carbocycles. The first kappa shape index (κ1) is 23.2. The van der Waals surface area contributed by atoms with Gasteiger partial charge < -0.3 is 16.0 Å². The van der Waals surface area contributed by atoms with Crippen LogP contribution in [0.4, 0.5) is 5.69 Å². The quantitative estimate of drug-likeness (QED) is 0.769. The van der Waals surface area contributed by atoms with Crippen molar-refractivity contribution in [2.24, 2.45) is 5.73 Å².